The summed E-state index contributed by atoms with van der Waals surface area (Å²) < 4.78 is 50.9. The van der Waals surface area contributed by atoms with Gasteiger partial charge in [0.2, 0.25) is 0 Å². The molecular weight excluding hydrogens is 415 g/mol. The van der Waals surface area contributed by atoms with Gasteiger partial charge in [-0.15, -0.1) is 0 Å². The van der Waals surface area contributed by atoms with Crippen LogP contribution in [0.15, 0.2) is 54.6 Å². The molecule has 1 N–H and O–H groups in total. The number of ether oxygens (including phenoxy) is 3. The minimum Gasteiger partial charge on any atom is -0.490 e. The highest BCUT2D eigenvalue weighted by molar-refractivity contribution is 5.88. The first-order chi connectivity index (χ1) is 14.8. The van der Waals surface area contributed by atoms with Crippen LogP contribution >= 0.6 is 0 Å². The van der Waals surface area contributed by atoms with Gasteiger partial charge in [-0.1, -0.05) is 30.3 Å². The zero-order valence-corrected chi connectivity index (χ0v) is 16.8. The second kappa shape index (κ2) is 12.6. The molecular formula is C22H24F3NO5. The lowest BCUT2D eigenvalue weighted by Gasteiger charge is -2.10. The molecule has 0 aliphatic carbocycles. The maximum atomic E-state index is 12.0. The van der Waals surface area contributed by atoms with E-state index in [9.17, 15) is 22.8 Å². The average Bonchev–Trinajstić information content (AvgIpc) is 2.74. The van der Waals surface area contributed by atoms with Crippen molar-refractivity contribution in [3.63, 3.8) is 0 Å². The highest BCUT2D eigenvalue weighted by atomic mass is 19.4. The van der Waals surface area contributed by atoms with E-state index in [1.54, 1.807) is 0 Å². The lowest BCUT2D eigenvalue weighted by Crippen LogP contribution is -2.29. The van der Waals surface area contributed by atoms with Crippen LogP contribution in [0.4, 0.5) is 13.2 Å². The third kappa shape index (κ3) is 9.99. The number of rotatable bonds is 12. The number of carbonyl (C=O) groups excluding carboxylic acids is 2. The molecule has 0 amide bonds. The summed E-state index contributed by atoms with van der Waals surface area (Å²) in [5.41, 5.74) is 1.07. The smallest absolute Gasteiger partial charge is 0.490 e. The van der Waals surface area contributed by atoms with Gasteiger partial charge in [-0.3, -0.25) is 4.79 Å². The first-order valence-electron chi connectivity index (χ1n) is 9.77. The second-order valence-corrected chi connectivity index (χ2v) is 6.52. The number of esters is 2. The van der Waals surface area contributed by atoms with Crippen LogP contribution in [0.25, 0.3) is 0 Å². The van der Waals surface area contributed by atoms with Gasteiger partial charge in [0, 0.05) is 6.54 Å². The van der Waals surface area contributed by atoms with E-state index < -0.39 is 18.1 Å². The van der Waals surface area contributed by atoms with Gasteiger partial charge < -0.3 is 19.5 Å². The Morgan fingerprint density at radius 1 is 0.871 bits per heavy atom. The number of alkyl halides is 3. The molecule has 0 heterocycles. The Hall–Kier alpha value is -3.07. The van der Waals surface area contributed by atoms with E-state index in [-0.39, 0.29) is 13.0 Å². The lowest BCUT2D eigenvalue weighted by atomic mass is 10.1. The monoisotopic (exact) mass is 439 g/mol. The number of benzene rings is 2. The highest BCUT2D eigenvalue weighted by Crippen LogP contribution is 2.17. The Balaban J connectivity index is 1.57. The normalized spacial score (nSPS) is 11.1. The average molecular weight is 439 g/mol. The molecule has 168 valence electrons. The molecule has 0 aromatic heterocycles. The molecule has 0 aliphatic heterocycles. The molecule has 9 heteroatoms. The van der Waals surface area contributed by atoms with Gasteiger partial charge in [0.15, 0.2) is 0 Å². The van der Waals surface area contributed by atoms with Crippen molar-refractivity contribution in [2.45, 2.75) is 25.4 Å². The maximum Gasteiger partial charge on any atom is 0.491 e. The molecule has 2 aromatic carbocycles. The summed E-state index contributed by atoms with van der Waals surface area (Å²) in [7, 11) is 0. The van der Waals surface area contributed by atoms with E-state index in [0.29, 0.717) is 19.8 Å². The molecule has 6 nitrogen and oxygen atoms in total. The number of halogens is 3. The van der Waals surface area contributed by atoms with Crippen molar-refractivity contribution >= 4 is 11.9 Å². The van der Waals surface area contributed by atoms with Gasteiger partial charge in [-0.05, 0) is 49.2 Å². The molecule has 0 saturated carbocycles. The van der Waals surface area contributed by atoms with Crippen molar-refractivity contribution in [3.05, 3.63) is 60.2 Å². The Kier molecular flexibility index (Phi) is 9.83. The summed E-state index contributed by atoms with van der Waals surface area (Å²) in [6.45, 7) is 1.51. The summed E-state index contributed by atoms with van der Waals surface area (Å²) in [4.78, 5) is 21.7. The molecule has 0 spiro atoms. The quantitative estimate of drug-likeness (QED) is 0.309. The summed E-state index contributed by atoms with van der Waals surface area (Å²) in [5, 5.41) is 2.93. The van der Waals surface area contributed by atoms with Crippen LogP contribution in [0.2, 0.25) is 0 Å². The van der Waals surface area contributed by atoms with Crippen LogP contribution in [-0.4, -0.2) is 44.4 Å². The third-order valence-corrected chi connectivity index (χ3v) is 4.03. The fourth-order valence-electron chi connectivity index (χ4n) is 2.57. The number of para-hydroxylation sites is 1. The second-order valence-electron chi connectivity index (χ2n) is 6.52. The molecule has 0 unspecified atom stereocenters. The van der Waals surface area contributed by atoms with Crippen LogP contribution in [0.1, 0.15) is 18.4 Å². The predicted octanol–water partition coefficient (Wildman–Crippen LogP) is 3.69. The Morgan fingerprint density at radius 3 is 2.26 bits per heavy atom. The minimum absolute atomic E-state index is 0.120. The number of aryl methyl sites for hydroxylation is 1. The molecule has 0 radical (unpaired) electrons. The first kappa shape index (κ1) is 24.2. The van der Waals surface area contributed by atoms with Crippen LogP contribution in [0, 0.1) is 0 Å². The predicted molar refractivity (Wildman–Crippen MR) is 107 cm³/mol. The van der Waals surface area contributed by atoms with Gasteiger partial charge in [-0.2, -0.15) is 13.2 Å². The molecule has 2 rings (SSSR count). The van der Waals surface area contributed by atoms with Gasteiger partial charge in [0.05, 0.1) is 6.42 Å². The zero-order chi connectivity index (χ0) is 22.5. The fourth-order valence-corrected chi connectivity index (χ4v) is 2.57. The van der Waals surface area contributed by atoms with Crippen LogP contribution in [0.5, 0.6) is 11.5 Å². The number of nitrogens with one attached hydrogen (secondary N) is 1. The van der Waals surface area contributed by atoms with Crippen molar-refractivity contribution in [2.24, 2.45) is 0 Å². The van der Waals surface area contributed by atoms with E-state index >= 15 is 0 Å². The molecule has 0 aliphatic rings. The third-order valence-electron chi connectivity index (χ3n) is 4.03. The molecule has 0 fully saturated rings. The van der Waals surface area contributed by atoms with E-state index in [0.717, 1.165) is 29.9 Å². The van der Waals surface area contributed by atoms with Crippen molar-refractivity contribution in [3.8, 4) is 11.5 Å². The van der Waals surface area contributed by atoms with Crippen molar-refractivity contribution < 1.29 is 37.0 Å². The molecule has 31 heavy (non-hydrogen) atoms. The lowest BCUT2D eigenvalue weighted by molar-refractivity contribution is -0.201. The number of carbonyl (C=O) groups is 2. The van der Waals surface area contributed by atoms with E-state index in [1.165, 1.54) is 0 Å². The zero-order valence-electron chi connectivity index (χ0n) is 16.8. The summed E-state index contributed by atoms with van der Waals surface area (Å²) in [6.07, 6.45) is -3.99. The van der Waals surface area contributed by atoms with Gasteiger partial charge >= 0.3 is 18.1 Å². The highest BCUT2D eigenvalue weighted by Gasteiger charge is 2.42. The largest absolute Gasteiger partial charge is 0.491 e. The van der Waals surface area contributed by atoms with Gasteiger partial charge in [0.1, 0.15) is 24.7 Å². The van der Waals surface area contributed by atoms with Gasteiger partial charge in [0.25, 0.3) is 0 Å². The van der Waals surface area contributed by atoms with Crippen LogP contribution in [-0.2, 0) is 20.7 Å². The van der Waals surface area contributed by atoms with Crippen LogP contribution in [0.3, 0.4) is 0 Å². The molecule has 0 saturated heterocycles. The number of hydrogen-bond acceptors (Lipinski definition) is 6. The van der Waals surface area contributed by atoms with E-state index in [2.05, 4.69) is 10.1 Å². The Bertz CT molecular complexity index is 827. The first-order valence-corrected chi connectivity index (χ1v) is 9.77. The fraction of sp³-hybridized carbons (Fsp3) is 0.364. The number of hydrogen-bond donors (Lipinski definition) is 1. The van der Waals surface area contributed by atoms with E-state index in [4.69, 9.17) is 9.47 Å². The van der Waals surface area contributed by atoms with Crippen molar-refractivity contribution in [1.29, 1.82) is 0 Å². The maximum absolute atomic E-state index is 12.0. The van der Waals surface area contributed by atoms with Crippen LogP contribution < -0.4 is 14.8 Å². The topological polar surface area (TPSA) is 73.9 Å². The minimum atomic E-state index is -5.17. The molecule has 0 atom stereocenters. The summed E-state index contributed by atoms with van der Waals surface area (Å²) in [6, 6.07) is 17.1. The van der Waals surface area contributed by atoms with Crippen molar-refractivity contribution in [2.75, 3.05) is 26.3 Å². The standard InChI is InChI=1S/C22H24F3NO5/c23-22(24,25)21(28)31-20(27)11-13-26-12-5-7-17-6-4-10-19(16-17)30-15-14-29-18-8-2-1-3-9-18/h1-4,6,8-10,16,26H,5,7,11-15H2. The summed E-state index contributed by atoms with van der Waals surface area (Å²) >= 11 is 0. The Labute approximate surface area is 178 Å². The SMILES string of the molecule is O=C(CCNCCCc1cccc(OCCOc2ccccc2)c1)OC(=O)C(F)(F)F. The van der Waals surface area contributed by atoms with E-state index in [1.807, 2.05) is 54.6 Å². The van der Waals surface area contributed by atoms with Gasteiger partial charge in [-0.25, -0.2) is 4.79 Å². The van der Waals surface area contributed by atoms with Crippen molar-refractivity contribution in [1.82, 2.24) is 5.32 Å². The summed E-state index contributed by atoms with van der Waals surface area (Å²) in [5.74, 6) is -2.19. The molecule has 0 bridgehead atoms. The Morgan fingerprint density at radius 2 is 1.55 bits per heavy atom. The molecule has 2 aromatic rings.